The van der Waals surface area contributed by atoms with E-state index in [0.717, 1.165) is 18.2 Å². The smallest absolute Gasteiger partial charge is 0.234 e. The molecule has 19 heavy (non-hydrogen) atoms. The van der Waals surface area contributed by atoms with Crippen LogP contribution in [0.4, 0.5) is 8.78 Å². The fraction of sp³-hybridized carbons (Fsp3) is 0.462. The van der Waals surface area contributed by atoms with E-state index in [1.165, 1.54) is 0 Å². The second-order valence-corrected chi connectivity index (χ2v) is 4.52. The lowest BCUT2D eigenvalue weighted by Gasteiger charge is -2.18. The molecule has 6 heteroatoms. The molecule has 1 amide bonds. The van der Waals surface area contributed by atoms with Gasteiger partial charge in [0.2, 0.25) is 5.91 Å². The minimum Gasteiger partial charge on any atom is -0.493 e. The Bertz CT molecular complexity index is 418. The van der Waals surface area contributed by atoms with E-state index in [1.807, 2.05) is 13.8 Å². The van der Waals surface area contributed by atoms with Gasteiger partial charge in [0, 0.05) is 30.7 Å². The second-order valence-electron chi connectivity index (χ2n) is 4.52. The standard InChI is InChI=1S/C13H18F2N2O2/c1-8(2)17-12(13(16)18)3-4-19-11-6-9(14)5-10(15)7-11/h5-8,12,17H,3-4H2,1-2H3,(H2,16,18). The van der Waals surface area contributed by atoms with Crippen LogP contribution in [-0.2, 0) is 4.79 Å². The van der Waals surface area contributed by atoms with Crippen molar-refractivity contribution in [3.8, 4) is 5.75 Å². The van der Waals surface area contributed by atoms with E-state index in [-0.39, 0.29) is 18.4 Å². The summed E-state index contributed by atoms with van der Waals surface area (Å²) in [5.74, 6) is -1.81. The third-order valence-electron chi connectivity index (χ3n) is 2.39. The topological polar surface area (TPSA) is 64.3 Å². The SMILES string of the molecule is CC(C)NC(CCOc1cc(F)cc(F)c1)C(N)=O. The molecule has 0 saturated heterocycles. The molecule has 0 heterocycles. The fourth-order valence-corrected chi connectivity index (χ4v) is 1.62. The molecule has 4 nitrogen and oxygen atoms in total. The van der Waals surface area contributed by atoms with E-state index in [2.05, 4.69) is 5.32 Å². The zero-order valence-corrected chi connectivity index (χ0v) is 11.0. The molecule has 106 valence electrons. The van der Waals surface area contributed by atoms with Crippen LogP contribution >= 0.6 is 0 Å². The maximum Gasteiger partial charge on any atom is 0.234 e. The number of rotatable bonds is 7. The first-order valence-corrected chi connectivity index (χ1v) is 6.02. The molecule has 0 aliphatic heterocycles. The Morgan fingerprint density at radius 1 is 1.32 bits per heavy atom. The van der Waals surface area contributed by atoms with E-state index in [0.29, 0.717) is 6.42 Å². The number of carbonyl (C=O) groups is 1. The number of hydrogen-bond donors (Lipinski definition) is 2. The zero-order chi connectivity index (χ0) is 14.4. The molecule has 0 fully saturated rings. The van der Waals surface area contributed by atoms with Crippen LogP contribution in [0.5, 0.6) is 5.75 Å². The van der Waals surface area contributed by atoms with Crippen LogP contribution in [-0.4, -0.2) is 24.6 Å². The lowest BCUT2D eigenvalue weighted by Crippen LogP contribution is -2.45. The van der Waals surface area contributed by atoms with Gasteiger partial charge in [-0.2, -0.15) is 0 Å². The number of ether oxygens (including phenoxy) is 1. The molecule has 3 N–H and O–H groups in total. The number of hydrogen-bond acceptors (Lipinski definition) is 3. The maximum atomic E-state index is 12.9. The zero-order valence-electron chi connectivity index (χ0n) is 11.0. The van der Waals surface area contributed by atoms with Crippen molar-refractivity contribution in [1.29, 1.82) is 0 Å². The van der Waals surface area contributed by atoms with Gasteiger partial charge in [-0.15, -0.1) is 0 Å². The van der Waals surface area contributed by atoms with Crippen molar-refractivity contribution >= 4 is 5.91 Å². The quantitative estimate of drug-likeness (QED) is 0.792. The first kappa shape index (κ1) is 15.4. The lowest BCUT2D eigenvalue weighted by molar-refractivity contribution is -0.120. The molecule has 1 aromatic carbocycles. The van der Waals surface area contributed by atoms with Crippen LogP contribution in [0.15, 0.2) is 18.2 Å². The Morgan fingerprint density at radius 2 is 1.89 bits per heavy atom. The highest BCUT2D eigenvalue weighted by molar-refractivity contribution is 5.79. The monoisotopic (exact) mass is 272 g/mol. The van der Waals surface area contributed by atoms with Gasteiger partial charge in [-0.3, -0.25) is 4.79 Å². The number of primary amides is 1. The molecule has 0 radical (unpaired) electrons. The van der Waals surface area contributed by atoms with Crippen molar-refractivity contribution in [3.63, 3.8) is 0 Å². The molecule has 0 aliphatic rings. The third kappa shape index (κ3) is 5.65. The van der Waals surface area contributed by atoms with Crippen LogP contribution in [0.2, 0.25) is 0 Å². The van der Waals surface area contributed by atoms with E-state index in [1.54, 1.807) is 0 Å². The molecule has 1 aromatic rings. The number of nitrogens with two attached hydrogens (primary N) is 1. The highest BCUT2D eigenvalue weighted by Crippen LogP contribution is 2.15. The average molecular weight is 272 g/mol. The minimum atomic E-state index is -0.707. The minimum absolute atomic E-state index is 0.0882. The Morgan fingerprint density at radius 3 is 2.37 bits per heavy atom. The molecule has 1 atom stereocenters. The predicted octanol–water partition coefficient (Wildman–Crippen LogP) is 1.59. The molecular weight excluding hydrogens is 254 g/mol. The first-order chi connectivity index (χ1) is 8.88. The summed E-state index contributed by atoms with van der Waals surface area (Å²) in [5, 5.41) is 2.99. The Labute approximate surface area is 110 Å². The van der Waals surface area contributed by atoms with Gasteiger partial charge in [0.25, 0.3) is 0 Å². The van der Waals surface area contributed by atoms with Gasteiger partial charge in [-0.05, 0) is 0 Å². The fourth-order valence-electron chi connectivity index (χ4n) is 1.62. The normalized spacial score (nSPS) is 12.5. The number of carbonyl (C=O) groups excluding carboxylic acids is 1. The molecule has 0 bridgehead atoms. The molecule has 1 unspecified atom stereocenters. The van der Waals surface area contributed by atoms with Gasteiger partial charge in [0.15, 0.2) is 0 Å². The van der Waals surface area contributed by atoms with Crippen LogP contribution in [0, 0.1) is 11.6 Å². The Kier molecular flexibility index (Phi) is 5.69. The van der Waals surface area contributed by atoms with Gasteiger partial charge >= 0.3 is 0 Å². The molecule has 0 aliphatic carbocycles. The average Bonchev–Trinajstić information content (AvgIpc) is 2.25. The second kappa shape index (κ2) is 7.04. The Balaban J connectivity index is 2.49. The number of nitrogens with one attached hydrogen (secondary N) is 1. The van der Waals surface area contributed by atoms with Crippen LogP contribution in [0.1, 0.15) is 20.3 Å². The van der Waals surface area contributed by atoms with Crippen molar-refractivity contribution in [2.24, 2.45) is 5.73 Å². The van der Waals surface area contributed by atoms with Crippen molar-refractivity contribution in [2.45, 2.75) is 32.4 Å². The number of amides is 1. The van der Waals surface area contributed by atoms with Crippen LogP contribution in [0.3, 0.4) is 0 Å². The lowest BCUT2D eigenvalue weighted by atomic mass is 10.2. The summed E-state index contributed by atoms with van der Waals surface area (Å²) >= 11 is 0. The summed E-state index contributed by atoms with van der Waals surface area (Å²) < 4.78 is 31.0. The summed E-state index contributed by atoms with van der Waals surface area (Å²) in [5.41, 5.74) is 5.24. The highest BCUT2D eigenvalue weighted by Gasteiger charge is 2.16. The van der Waals surface area contributed by atoms with E-state index < -0.39 is 23.6 Å². The molecular formula is C13H18F2N2O2. The molecule has 1 rings (SSSR count). The molecule has 0 saturated carbocycles. The van der Waals surface area contributed by atoms with Crippen molar-refractivity contribution in [2.75, 3.05) is 6.61 Å². The first-order valence-electron chi connectivity index (χ1n) is 6.02. The van der Waals surface area contributed by atoms with Crippen molar-refractivity contribution < 1.29 is 18.3 Å². The van der Waals surface area contributed by atoms with Gasteiger partial charge in [0.1, 0.15) is 17.4 Å². The van der Waals surface area contributed by atoms with Crippen molar-refractivity contribution in [1.82, 2.24) is 5.32 Å². The van der Waals surface area contributed by atoms with Crippen molar-refractivity contribution in [3.05, 3.63) is 29.8 Å². The van der Waals surface area contributed by atoms with Crippen LogP contribution < -0.4 is 15.8 Å². The summed E-state index contributed by atoms with van der Waals surface area (Å²) in [6.07, 6.45) is 0.325. The van der Waals surface area contributed by atoms with Gasteiger partial charge in [0.05, 0.1) is 12.6 Å². The highest BCUT2D eigenvalue weighted by atomic mass is 19.1. The maximum absolute atomic E-state index is 12.9. The summed E-state index contributed by atoms with van der Waals surface area (Å²) in [6.45, 7) is 3.91. The van der Waals surface area contributed by atoms with E-state index in [9.17, 15) is 13.6 Å². The predicted molar refractivity (Wildman–Crippen MR) is 67.7 cm³/mol. The van der Waals surface area contributed by atoms with Gasteiger partial charge in [-0.1, -0.05) is 13.8 Å². The number of halogens is 2. The van der Waals surface area contributed by atoms with Gasteiger partial charge < -0.3 is 15.8 Å². The largest absolute Gasteiger partial charge is 0.493 e. The summed E-state index contributed by atoms with van der Waals surface area (Å²) in [7, 11) is 0. The van der Waals surface area contributed by atoms with Gasteiger partial charge in [-0.25, -0.2) is 8.78 Å². The third-order valence-corrected chi connectivity index (χ3v) is 2.39. The summed E-state index contributed by atoms with van der Waals surface area (Å²) in [4.78, 5) is 11.2. The number of benzene rings is 1. The molecule has 0 spiro atoms. The van der Waals surface area contributed by atoms with E-state index in [4.69, 9.17) is 10.5 Å². The van der Waals surface area contributed by atoms with E-state index >= 15 is 0 Å². The summed E-state index contributed by atoms with van der Waals surface area (Å²) in [6, 6.07) is 2.50. The van der Waals surface area contributed by atoms with Crippen LogP contribution in [0.25, 0.3) is 0 Å². The molecule has 0 aromatic heterocycles. The Hall–Kier alpha value is -1.69.